The average molecular weight is 233 g/mol. The number of hydrogen-bond acceptors (Lipinski definition) is 3. The fourth-order valence-corrected chi connectivity index (χ4v) is 4.13. The minimum Gasteiger partial charge on any atom is -0.340 e. The monoisotopic (exact) mass is 233 g/mol. The van der Waals surface area contributed by atoms with E-state index in [2.05, 4.69) is 0 Å². The van der Waals surface area contributed by atoms with Gasteiger partial charge in [0.25, 0.3) is 0 Å². The first-order valence-electron chi connectivity index (χ1n) is 5.03. The Kier molecular flexibility index (Phi) is 3.49. The maximum atomic E-state index is 11.9. The third-order valence-corrected chi connectivity index (χ3v) is 5.33. The Morgan fingerprint density at radius 3 is 2.64 bits per heavy atom. The number of carbonyl (C=O) groups is 1. The van der Waals surface area contributed by atoms with E-state index in [9.17, 15) is 9.00 Å². The minimum atomic E-state index is -0.680. The summed E-state index contributed by atoms with van der Waals surface area (Å²) < 4.78 is 11.1. The van der Waals surface area contributed by atoms with Crippen LogP contribution in [0.2, 0.25) is 0 Å². The predicted octanol–water partition coefficient (Wildman–Crippen LogP) is 0.473. The molecule has 0 radical (unpaired) electrons. The molecular weight excluding hydrogens is 218 g/mol. The molecule has 2 aliphatic heterocycles. The van der Waals surface area contributed by atoms with Crippen molar-refractivity contribution in [3.05, 3.63) is 0 Å². The summed E-state index contributed by atoms with van der Waals surface area (Å²) in [6.45, 7) is 1.39. The van der Waals surface area contributed by atoms with Crippen molar-refractivity contribution in [2.24, 2.45) is 0 Å². The van der Waals surface area contributed by atoms with E-state index in [4.69, 9.17) is 0 Å². The highest BCUT2D eigenvalue weighted by atomic mass is 32.2. The van der Waals surface area contributed by atoms with Gasteiger partial charge in [0, 0.05) is 35.4 Å². The lowest BCUT2D eigenvalue weighted by atomic mass is 10.2. The molecule has 2 heterocycles. The van der Waals surface area contributed by atoms with E-state index in [1.165, 1.54) is 6.42 Å². The third kappa shape index (κ3) is 2.31. The van der Waals surface area contributed by atoms with E-state index < -0.39 is 10.8 Å². The number of nitrogens with zero attached hydrogens (tertiary/aromatic N) is 1. The second-order valence-electron chi connectivity index (χ2n) is 3.68. The van der Waals surface area contributed by atoms with Gasteiger partial charge in [-0.1, -0.05) is 0 Å². The van der Waals surface area contributed by atoms with E-state index in [0.717, 1.165) is 12.2 Å². The highest BCUT2D eigenvalue weighted by Crippen LogP contribution is 2.27. The van der Waals surface area contributed by atoms with Crippen molar-refractivity contribution in [2.75, 3.05) is 30.3 Å². The second kappa shape index (κ2) is 4.66. The van der Waals surface area contributed by atoms with Crippen LogP contribution in [0.15, 0.2) is 0 Å². The molecule has 3 nitrogen and oxygen atoms in total. The maximum absolute atomic E-state index is 11.9. The number of carbonyl (C=O) groups excluding carboxylic acids is 1. The van der Waals surface area contributed by atoms with Gasteiger partial charge >= 0.3 is 0 Å². The molecule has 0 saturated carbocycles. The summed E-state index contributed by atoms with van der Waals surface area (Å²) in [6.07, 6.45) is 2.20. The van der Waals surface area contributed by atoms with Gasteiger partial charge in [0.2, 0.25) is 5.91 Å². The van der Waals surface area contributed by atoms with Gasteiger partial charge in [-0.2, -0.15) is 0 Å². The van der Waals surface area contributed by atoms with Gasteiger partial charge < -0.3 is 4.90 Å². The Labute approximate surface area is 91.1 Å². The highest BCUT2D eigenvalue weighted by molar-refractivity contribution is 8.00. The van der Waals surface area contributed by atoms with Gasteiger partial charge in [0.15, 0.2) is 0 Å². The number of rotatable bonds is 1. The van der Waals surface area contributed by atoms with Crippen molar-refractivity contribution in [3.63, 3.8) is 0 Å². The average Bonchev–Trinajstić information content (AvgIpc) is 2.71. The van der Waals surface area contributed by atoms with Gasteiger partial charge in [0.05, 0.1) is 5.25 Å². The van der Waals surface area contributed by atoms with Crippen LogP contribution in [-0.4, -0.2) is 50.6 Å². The zero-order chi connectivity index (χ0) is 9.97. The fourth-order valence-electron chi connectivity index (χ4n) is 1.83. The molecule has 1 atom stereocenters. The van der Waals surface area contributed by atoms with Crippen LogP contribution in [-0.2, 0) is 15.6 Å². The smallest absolute Gasteiger partial charge is 0.235 e. The van der Waals surface area contributed by atoms with Crippen LogP contribution in [0.5, 0.6) is 0 Å². The first-order chi connectivity index (χ1) is 6.77. The predicted molar refractivity (Wildman–Crippen MR) is 59.9 cm³/mol. The van der Waals surface area contributed by atoms with Crippen LogP contribution in [0.1, 0.15) is 12.8 Å². The third-order valence-electron chi connectivity index (χ3n) is 2.69. The van der Waals surface area contributed by atoms with Crippen LogP contribution >= 0.6 is 11.8 Å². The topological polar surface area (TPSA) is 37.4 Å². The van der Waals surface area contributed by atoms with E-state index >= 15 is 0 Å². The van der Waals surface area contributed by atoms with Crippen LogP contribution in [0.3, 0.4) is 0 Å². The standard InChI is InChI=1S/C9H15NO2S2/c11-9(8-2-1-5-13-8)10-3-6-14(12)7-4-10/h8H,1-7H2/t8-/m1/s1. The van der Waals surface area contributed by atoms with Crippen LogP contribution in [0.25, 0.3) is 0 Å². The Morgan fingerprint density at radius 1 is 1.36 bits per heavy atom. The van der Waals surface area contributed by atoms with Gasteiger partial charge in [-0.05, 0) is 18.6 Å². The normalized spacial score (nSPS) is 29.4. The molecule has 2 aliphatic rings. The molecule has 5 heteroatoms. The quantitative estimate of drug-likeness (QED) is 0.661. The molecular formula is C9H15NO2S2. The summed E-state index contributed by atoms with van der Waals surface area (Å²) in [5.41, 5.74) is 0. The van der Waals surface area contributed by atoms with Crippen LogP contribution in [0.4, 0.5) is 0 Å². The summed E-state index contributed by atoms with van der Waals surface area (Å²) >= 11 is 1.78. The van der Waals surface area contributed by atoms with Gasteiger partial charge in [-0.15, -0.1) is 11.8 Å². The lowest BCUT2D eigenvalue weighted by Crippen LogP contribution is -2.45. The molecule has 80 valence electrons. The maximum Gasteiger partial charge on any atom is 0.235 e. The van der Waals surface area contributed by atoms with Crippen molar-refractivity contribution < 1.29 is 9.00 Å². The van der Waals surface area contributed by atoms with Gasteiger partial charge in [-0.25, -0.2) is 0 Å². The minimum absolute atomic E-state index is 0.196. The molecule has 0 unspecified atom stereocenters. The summed E-state index contributed by atoms with van der Waals surface area (Å²) in [6, 6.07) is 0. The van der Waals surface area contributed by atoms with E-state index in [1.807, 2.05) is 4.90 Å². The van der Waals surface area contributed by atoms with Crippen LogP contribution < -0.4 is 0 Å². The van der Waals surface area contributed by atoms with Crippen molar-refractivity contribution >= 4 is 28.5 Å². The summed E-state index contributed by atoms with van der Waals surface area (Å²) in [5.74, 6) is 2.74. The van der Waals surface area contributed by atoms with Gasteiger partial charge in [-0.3, -0.25) is 9.00 Å². The van der Waals surface area contributed by atoms with E-state index in [-0.39, 0.29) is 11.2 Å². The molecule has 2 rings (SSSR count). The Morgan fingerprint density at radius 2 is 2.07 bits per heavy atom. The molecule has 0 aliphatic carbocycles. The zero-order valence-corrected chi connectivity index (χ0v) is 9.74. The molecule has 0 N–H and O–H groups in total. The summed E-state index contributed by atoms with van der Waals surface area (Å²) in [4.78, 5) is 13.8. The van der Waals surface area contributed by atoms with Crippen molar-refractivity contribution in [1.29, 1.82) is 0 Å². The first kappa shape index (κ1) is 10.5. The highest BCUT2D eigenvalue weighted by Gasteiger charge is 2.29. The number of amides is 1. The molecule has 0 spiro atoms. The largest absolute Gasteiger partial charge is 0.340 e. The molecule has 0 aromatic heterocycles. The Bertz CT molecular complexity index is 241. The zero-order valence-electron chi connectivity index (χ0n) is 8.11. The Hall–Kier alpha value is -0.0300. The molecule has 0 aromatic rings. The second-order valence-corrected chi connectivity index (χ2v) is 6.68. The van der Waals surface area contributed by atoms with E-state index in [1.54, 1.807) is 11.8 Å². The molecule has 2 saturated heterocycles. The Balaban J connectivity index is 1.88. The SMILES string of the molecule is O=C([C@H]1CCCS1)N1CCS(=O)CC1. The van der Waals surface area contributed by atoms with Crippen LogP contribution in [0, 0.1) is 0 Å². The lowest BCUT2D eigenvalue weighted by Gasteiger charge is -2.28. The van der Waals surface area contributed by atoms with Crippen molar-refractivity contribution in [1.82, 2.24) is 4.90 Å². The fraction of sp³-hybridized carbons (Fsp3) is 0.889. The van der Waals surface area contributed by atoms with E-state index in [0.29, 0.717) is 24.6 Å². The molecule has 0 bridgehead atoms. The molecule has 0 aromatic carbocycles. The summed E-state index contributed by atoms with van der Waals surface area (Å²) in [5, 5.41) is 0.196. The summed E-state index contributed by atoms with van der Waals surface area (Å²) in [7, 11) is -0.680. The number of hydrogen-bond donors (Lipinski definition) is 0. The van der Waals surface area contributed by atoms with Crippen molar-refractivity contribution in [2.45, 2.75) is 18.1 Å². The lowest BCUT2D eigenvalue weighted by molar-refractivity contribution is -0.130. The van der Waals surface area contributed by atoms with Crippen molar-refractivity contribution in [3.8, 4) is 0 Å². The van der Waals surface area contributed by atoms with Gasteiger partial charge in [0.1, 0.15) is 0 Å². The number of thioether (sulfide) groups is 1. The molecule has 14 heavy (non-hydrogen) atoms. The molecule has 1 amide bonds. The first-order valence-corrected chi connectivity index (χ1v) is 7.56. The molecule has 2 fully saturated rings.